The van der Waals surface area contributed by atoms with E-state index in [0.29, 0.717) is 5.02 Å². The molecule has 0 bridgehead atoms. The molecule has 0 fully saturated rings. The first-order valence-electron chi connectivity index (χ1n) is 11.8. The zero-order valence-corrected chi connectivity index (χ0v) is 21.8. The number of hydrogen-bond acceptors (Lipinski definition) is 7. The fraction of sp³-hybridized carbons (Fsp3) is 0.207. The van der Waals surface area contributed by atoms with Crippen molar-refractivity contribution < 1.29 is 34.1 Å². The topological polar surface area (TPSA) is 113 Å². The van der Waals surface area contributed by atoms with Gasteiger partial charge in [-0.05, 0) is 47.9 Å². The monoisotopic (exact) mass is 533 g/mol. The average molecular weight is 534 g/mol. The van der Waals surface area contributed by atoms with Gasteiger partial charge in [0, 0.05) is 30.2 Å². The van der Waals surface area contributed by atoms with Crippen LogP contribution in [0.5, 0.6) is 17.2 Å². The molecule has 1 unspecified atom stereocenters. The molecule has 0 radical (unpaired) electrons. The summed E-state index contributed by atoms with van der Waals surface area (Å²) < 4.78 is 11.4. The number of fused-ring (bicyclic) bond motifs is 4. The van der Waals surface area contributed by atoms with Crippen molar-refractivity contribution in [2.45, 2.75) is 32.7 Å². The van der Waals surface area contributed by atoms with E-state index < -0.39 is 23.0 Å². The molecular formula is C29H24ClNO7. The fourth-order valence-corrected chi connectivity index (χ4v) is 5.24. The van der Waals surface area contributed by atoms with Gasteiger partial charge < -0.3 is 19.7 Å². The van der Waals surface area contributed by atoms with Crippen molar-refractivity contribution in [2.24, 2.45) is 0 Å². The van der Waals surface area contributed by atoms with Crippen molar-refractivity contribution in [3.05, 3.63) is 87.3 Å². The number of imide groups is 1. The number of allylic oxidation sites excluding steroid dienone is 3. The number of carbonyl (C=O) groups excluding carboxylic acids is 3. The lowest BCUT2D eigenvalue weighted by Gasteiger charge is -2.25. The molecule has 1 heterocycles. The maximum Gasteiger partial charge on any atom is 0.268 e. The SMILES string of the molecule is COc1cc(O)c2c(c1C(=O)N(Cc1c(C)ccc3ccc(Cl)cc13)C(C)=O)OC1=CC(O)=CC(=O)C12C. The fourth-order valence-electron chi connectivity index (χ4n) is 5.07. The third-order valence-electron chi connectivity index (χ3n) is 7.18. The Morgan fingerprint density at radius 2 is 1.84 bits per heavy atom. The van der Waals surface area contributed by atoms with Gasteiger partial charge in [-0.15, -0.1) is 0 Å². The van der Waals surface area contributed by atoms with Gasteiger partial charge in [-0.25, -0.2) is 0 Å². The molecule has 0 aromatic heterocycles. The maximum absolute atomic E-state index is 14.1. The normalized spacial score (nSPS) is 17.8. The number of amides is 2. The van der Waals surface area contributed by atoms with Gasteiger partial charge in [0.1, 0.15) is 34.0 Å². The van der Waals surface area contributed by atoms with Crippen LogP contribution in [0.3, 0.4) is 0 Å². The van der Waals surface area contributed by atoms with Crippen LogP contribution in [0, 0.1) is 6.92 Å². The van der Waals surface area contributed by atoms with Crippen LogP contribution in [0.15, 0.2) is 60.1 Å². The molecule has 194 valence electrons. The number of aromatic hydroxyl groups is 1. The Balaban J connectivity index is 1.68. The highest BCUT2D eigenvalue weighted by molar-refractivity contribution is 6.31. The summed E-state index contributed by atoms with van der Waals surface area (Å²) in [5.74, 6) is -2.55. The average Bonchev–Trinajstić information content (AvgIpc) is 3.16. The van der Waals surface area contributed by atoms with Crippen LogP contribution in [0.2, 0.25) is 5.02 Å². The highest BCUT2D eigenvalue weighted by Gasteiger charge is 2.53. The molecule has 1 aliphatic carbocycles. The first-order chi connectivity index (χ1) is 18.0. The third-order valence-corrected chi connectivity index (χ3v) is 7.42. The van der Waals surface area contributed by atoms with Crippen LogP contribution < -0.4 is 9.47 Å². The van der Waals surface area contributed by atoms with Crippen LogP contribution in [0.25, 0.3) is 10.8 Å². The number of aliphatic hydroxyl groups is 1. The van der Waals surface area contributed by atoms with E-state index >= 15 is 0 Å². The number of aliphatic hydroxyl groups excluding tert-OH is 1. The summed E-state index contributed by atoms with van der Waals surface area (Å²) in [7, 11) is 1.31. The summed E-state index contributed by atoms with van der Waals surface area (Å²) in [6, 6.07) is 10.5. The highest BCUT2D eigenvalue weighted by Crippen LogP contribution is 2.55. The minimum absolute atomic E-state index is 0.0392. The molecule has 9 heteroatoms. The number of halogens is 1. The number of hydrogen-bond donors (Lipinski definition) is 2. The van der Waals surface area contributed by atoms with Gasteiger partial charge in [-0.3, -0.25) is 19.3 Å². The van der Waals surface area contributed by atoms with E-state index in [1.807, 2.05) is 25.1 Å². The molecule has 2 amide bonds. The minimum Gasteiger partial charge on any atom is -0.508 e. The quantitative estimate of drug-likeness (QED) is 0.470. The molecule has 3 aromatic carbocycles. The van der Waals surface area contributed by atoms with Crippen molar-refractivity contribution in [1.82, 2.24) is 4.90 Å². The van der Waals surface area contributed by atoms with Crippen LogP contribution in [0.1, 0.15) is 40.9 Å². The summed E-state index contributed by atoms with van der Waals surface area (Å²) in [4.78, 5) is 41.0. The number of methoxy groups -OCH3 is 1. The van der Waals surface area contributed by atoms with Gasteiger partial charge in [0.2, 0.25) is 5.91 Å². The molecule has 1 aliphatic heterocycles. The van der Waals surface area contributed by atoms with Crippen molar-refractivity contribution in [2.75, 3.05) is 7.11 Å². The minimum atomic E-state index is -1.48. The molecule has 1 atom stereocenters. The maximum atomic E-state index is 14.1. The molecule has 3 aromatic rings. The number of phenols is 1. The molecule has 0 spiro atoms. The number of rotatable bonds is 4. The van der Waals surface area contributed by atoms with E-state index in [9.17, 15) is 24.6 Å². The summed E-state index contributed by atoms with van der Waals surface area (Å²) in [6.45, 7) is 4.61. The second-order valence-electron chi connectivity index (χ2n) is 9.48. The van der Waals surface area contributed by atoms with Crippen molar-refractivity contribution >= 4 is 40.0 Å². The van der Waals surface area contributed by atoms with Gasteiger partial charge >= 0.3 is 0 Å². The first-order valence-corrected chi connectivity index (χ1v) is 12.1. The third kappa shape index (κ3) is 3.71. The number of benzene rings is 3. The molecule has 0 saturated heterocycles. The predicted molar refractivity (Wildman–Crippen MR) is 141 cm³/mol. The van der Waals surface area contributed by atoms with E-state index in [2.05, 4.69) is 0 Å². The number of ketones is 1. The lowest BCUT2D eigenvalue weighted by Crippen LogP contribution is -2.35. The van der Waals surface area contributed by atoms with Crippen LogP contribution in [-0.2, 0) is 21.5 Å². The number of ether oxygens (including phenoxy) is 2. The van der Waals surface area contributed by atoms with E-state index in [0.717, 1.165) is 32.9 Å². The molecule has 5 rings (SSSR count). The van der Waals surface area contributed by atoms with Crippen LogP contribution in [0.4, 0.5) is 0 Å². The van der Waals surface area contributed by atoms with Crippen LogP contribution in [-0.4, -0.2) is 39.8 Å². The zero-order chi connectivity index (χ0) is 27.5. The van der Waals surface area contributed by atoms with Gasteiger partial charge in [0.05, 0.1) is 19.2 Å². The Hall–Kier alpha value is -4.30. The molecule has 38 heavy (non-hydrogen) atoms. The van der Waals surface area contributed by atoms with Gasteiger partial charge in [0.25, 0.3) is 5.91 Å². The molecule has 8 nitrogen and oxygen atoms in total. The van der Waals surface area contributed by atoms with Crippen LogP contribution >= 0.6 is 11.6 Å². The molecule has 2 aliphatic rings. The van der Waals surface area contributed by atoms with Crippen molar-refractivity contribution in [3.8, 4) is 17.2 Å². The molecule has 0 saturated carbocycles. The van der Waals surface area contributed by atoms with E-state index in [-0.39, 0.29) is 46.4 Å². The Morgan fingerprint density at radius 3 is 2.53 bits per heavy atom. The Bertz CT molecular complexity index is 1630. The summed E-state index contributed by atoms with van der Waals surface area (Å²) in [5.41, 5.74) is 0.0376. The largest absolute Gasteiger partial charge is 0.508 e. The van der Waals surface area contributed by atoms with Gasteiger partial charge in [-0.1, -0.05) is 29.8 Å². The van der Waals surface area contributed by atoms with Crippen molar-refractivity contribution in [1.29, 1.82) is 0 Å². The van der Waals surface area contributed by atoms with Crippen molar-refractivity contribution in [3.63, 3.8) is 0 Å². The highest BCUT2D eigenvalue weighted by atomic mass is 35.5. The molecular weight excluding hydrogens is 510 g/mol. The van der Waals surface area contributed by atoms with E-state index in [1.165, 1.54) is 33.1 Å². The lowest BCUT2D eigenvalue weighted by molar-refractivity contribution is -0.126. The lowest BCUT2D eigenvalue weighted by atomic mass is 9.74. The van der Waals surface area contributed by atoms with E-state index in [4.69, 9.17) is 21.1 Å². The number of nitrogens with zero attached hydrogens (tertiary/aromatic N) is 1. The molecule has 2 N–H and O–H groups in total. The standard InChI is InChI=1S/C29H24ClNO7/c1-14-5-6-16-7-8-17(30)9-19(16)20(14)13-31(15(2)32)28(36)25-22(37-4)12-21(34)26-27(25)38-24-11-18(33)10-23(35)29(24,26)3/h5-12,33-34H,13H2,1-4H3. The number of carbonyl (C=O) groups is 3. The smallest absolute Gasteiger partial charge is 0.268 e. The Morgan fingerprint density at radius 1 is 1.13 bits per heavy atom. The van der Waals surface area contributed by atoms with E-state index in [1.54, 1.807) is 12.1 Å². The second-order valence-corrected chi connectivity index (χ2v) is 9.92. The summed E-state index contributed by atoms with van der Waals surface area (Å²) in [5, 5.41) is 23.1. The summed E-state index contributed by atoms with van der Waals surface area (Å²) in [6.07, 6.45) is 2.29. The number of aryl methyl sites for hydroxylation is 1. The zero-order valence-electron chi connectivity index (χ0n) is 21.1. The summed E-state index contributed by atoms with van der Waals surface area (Å²) >= 11 is 6.25. The number of phenolic OH excluding ortho intramolecular Hbond substituents is 1. The van der Waals surface area contributed by atoms with Gasteiger partial charge in [0.15, 0.2) is 11.5 Å². The second kappa shape index (κ2) is 8.92. The van der Waals surface area contributed by atoms with Gasteiger partial charge in [-0.2, -0.15) is 0 Å². The predicted octanol–water partition coefficient (Wildman–Crippen LogP) is 5.26. The Labute approximate surface area is 223 Å². The first kappa shape index (κ1) is 25.4. The Kier molecular flexibility index (Phi) is 5.95.